The second kappa shape index (κ2) is 6.62. The third kappa shape index (κ3) is 3.51. The molecular weight excluding hydrogens is 286 g/mol. The number of hydrogen-bond donors (Lipinski definition) is 1. The lowest BCUT2D eigenvalue weighted by molar-refractivity contribution is -0.384. The maximum atomic E-state index is 11.2. The van der Waals surface area contributed by atoms with Crippen molar-refractivity contribution in [3.05, 3.63) is 21.6 Å². The second-order valence-corrected chi connectivity index (χ2v) is 5.31. The quantitative estimate of drug-likeness (QED) is 0.383. The van der Waals surface area contributed by atoms with Crippen LogP contribution in [0.5, 0.6) is 0 Å². The maximum absolute atomic E-state index is 11.2. The molecule has 0 radical (unpaired) electrons. The molecule has 9 heteroatoms. The Morgan fingerprint density at radius 3 is 2.68 bits per heavy atom. The predicted molar refractivity (Wildman–Crippen MR) is 80.6 cm³/mol. The summed E-state index contributed by atoms with van der Waals surface area (Å²) in [4.78, 5) is 19.1. The normalized spacial score (nSPS) is 10.1. The van der Waals surface area contributed by atoms with E-state index in [4.69, 9.17) is 12.2 Å². The van der Waals surface area contributed by atoms with Crippen LogP contribution in [0.25, 0.3) is 0 Å². The highest BCUT2D eigenvalue weighted by molar-refractivity contribution is 7.98. The molecule has 0 saturated carbocycles. The third-order valence-corrected chi connectivity index (χ3v) is 3.64. The van der Waals surface area contributed by atoms with Crippen molar-refractivity contribution in [2.24, 2.45) is 0 Å². The van der Waals surface area contributed by atoms with Crippen molar-refractivity contribution in [2.75, 3.05) is 25.2 Å². The average Bonchev–Trinajstić information content (AvgIpc) is 2.36. The van der Waals surface area contributed by atoms with Crippen LogP contribution in [-0.4, -0.2) is 44.0 Å². The number of anilines is 1. The summed E-state index contributed by atoms with van der Waals surface area (Å²) in [6.45, 7) is 3.64. The van der Waals surface area contributed by atoms with E-state index < -0.39 is 4.92 Å². The first-order chi connectivity index (χ1) is 8.92. The van der Waals surface area contributed by atoms with Crippen molar-refractivity contribution in [1.82, 2.24) is 14.3 Å². The maximum Gasteiger partial charge on any atom is 0.339 e. The lowest BCUT2D eigenvalue weighted by atomic mass is 10.3. The molecule has 1 aromatic rings. The van der Waals surface area contributed by atoms with Crippen molar-refractivity contribution in [3.63, 3.8) is 0 Å². The summed E-state index contributed by atoms with van der Waals surface area (Å²) in [5.41, 5.74) is -0.0260. The number of nitrogens with zero attached hydrogens (tertiary/aromatic N) is 4. The van der Waals surface area contributed by atoms with E-state index in [9.17, 15) is 10.1 Å². The molecular formula is C10H15N5O2S2. The van der Waals surface area contributed by atoms with E-state index in [2.05, 4.69) is 15.3 Å². The molecule has 0 atom stereocenters. The SMILES string of the molecule is CCSN(C)C(=S)c1nc(C)nc(NC)c1[N+](=O)[O-]. The van der Waals surface area contributed by atoms with Crippen LogP contribution in [0.1, 0.15) is 18.4 Å². The monoisotopic (exact) mass is 301 g/mol. The van der Waals surface area contributed by atoms with E-state index in [0.717, 1.165) is 5.75 Å². The van der Waals surface area contributed by atoms with Crippen molar-refractivity contribution >= 4 is 40.7 Å². The fourth-order valence-corrected chi connectivity index (χ4v) is 2.36. The zero-order chi connectivity index (χ0) is 14.6. The molecule has 0 unspecified atom stereocenters. The molecule has 104 valence electrons. The van der Waals surface area contributed by atoms with Crippen molar-refractivity contribution in [1.29, 1.82) is 0 Å². The molecule has 1 N–H and O–H groups in total. The molecule has 0 bridgehead atoms. The summed E-state index contributed by atoms with van der Waals surface area (Å²) in [7, 11) is 3.34. The van der Waals surface area contributed by atoms with Gasteiger partial charge in [-0.1, -0.05) is 19.1 Å². The molecule has 1 heterocycles. The Morgan fingerprint density at radius 2 is 2.21 bits per heavy atom. The Kier molecular flexibility index (Phi) is 5.43. The van der Waals surface area contributed by atoms with Gasteiger partial charge < -0.3 is 9.62 Å². The van der Waals surface area contributed by atoms with Crippen LogP contribution in [0, 0.1) is 17.0 Å². The molecule has 0 aliphatic rings. The first-order valence-corrected chi connectivity index (χ1v) is 6.89. The molecule has 0 fully saturated rings. The van der Waals surface area contributed by atoms with Gasteiger partial charge in [-0.2, -0.15) is 0 Å². The average molecular weight is 301 g/mol. The van der Waals surface area contributed by atoms with Crippen LogP contribution < -0.4 is 5.32 Å². The van der Waals surface area contributed by atoms with Gasteiger partial charge in [-0.05, 0) is 18.9 Å². The smallest absolute Gasteiger partial charge is 0.339 e. The number of nitrogens with one attached hydrogen (secondary N) is 1. The van der Waals surface area contributed by atoms with Gasteiger partial charge in [0.1, 0.15) is 10.8 Å². The predicted octanol–water partition coefficient (Wildman–Crippen LogP) is 2.01. The van der Waals surface area contributed by atoms with Crippen molar-refractivity contribution < 1.29 is 4.92 Å². The highest BCUT2D eigenvalue weighted by Gasteiger charge is 2.27. The van der Waals surface area contributed by atoms with E-state index in [0.29, 0.717) is 10.8 Å². The Labute approximate surface area is 121 Å². The molecule has 0 aromatic carbocycles. The van der Waals surface area contributed by atoms with Crippen molar-refractivity contribution in [3.8, 4) is 0 Å². The molecule has 19 heavy (non-hydrogen) atoms. The fourth-order valence-electron chi connectivity index (χ4n) is 1.46. The number of aromatic nitrogens is 2. The third-order valence-electron chi connectivity index (χ3n) is 2.23. The Hall–Kier alpha value is -1.48. The summed E-state index contributed by atoms with van der Waals surface area (Å²) in [5.74, 6) is 1.42. The summed E-state index contributed by atoms with van der Waals surface area (Å²) < 4.78 is 1.70. The van der Waals surface area contributed by atoms with E-state index in [-0.39, 0.29) is 17.2 Å². The van der Waals surface area contributed by atoms with Gasteiger partial charge in [-0.25, -0.2) is 9.97 Å². The molecule has 0 aliphatic heterocycles. The Balaban J connectivity index is 3.36. The van der Waals surface area contributed by atoms with Crippen LogP contribution in [0.15, 0.2) is 0 Å². The molecule has 0 spiro atoms. The summed E-state index contributed by atoms with van der Waals surface area (Å²) in [6, 6.07) is 0. The van der Waals surface area contributed by atoms with Gasteiger partial charge in [0.25, 0.3) is 0 Å². The number of thiocarbonyl (C=S) groups is 1. The first-order valence-electron chi connectivity index (χ1n) is 5.54. The van der Waals surface area contributed by atoms with E-state index in [1.807, 2.05) is 6.92 Å². The van der Waals surface area contributed by atoms with Gasteiger partial charge >= 0.3 is 5.69 Å². The molecule has 0 saturated heterocycles. The van der Waals surface area contributed by atoms with Crippen LogP contribution in [0.4, 0.5) is 11.5 Å². The molecule has 1 aromatic heterocycles. The van der Waals surface area contributed by atoms with Crippen LogP contribution in [0.2, 0.25) is 0 Å². The highest BCUT2D eigenvalue weighted by Crippen LogP contribution is 2.27. The van der Waals surface area contributed by atoms with E-state index >= 15 is 0 Å². The zero-order valence-electron chi connectivity index (χ0n) is 11.1. The summed E-state index contributed by atoms with van der Waals surface area (Å²) in [5, 5.41) is 13.9. The Morgan fingerprint density at radius 1 is 1.58 bits per heavy atom. The lowest BCUT2D eigenvalue weighted by Gasteiger charge is -2.17. The van der Waals surface area contributed by atoms with Crippen LogP contribution >= 0.6 is 24.2 Å². The van der Waals surface area contributed by atoms with Gasteiger partial charge in [-0.3, -0.25) is 10.1 Å². The largest absolute Gasteiger partial charge is 0.367 e. The molecule has 0 aliphatic carbocycles. The second-order valence-electron chi connectivity index (χ2n) is 3.54. The fraction of sp³-hybridized carbons (Fsp3) is 0.500. The number of hydrogen-bond acceptors (Lipinski definition) is 7. The van der Waals surface area contributed by atoms with Gasteiger partial charge in [0.15, 0.2) is 5.69 Å². The number of nitro groups is 1. The number of rotatable bonds is 5. The lowest BCUT2D eigenvalue weighted by Crippen LogP contribution is -2.22. The van der Waals surface area contributed by atoms with Crippen LogP contribution in [-0.2, 0) is 0 Å². The van der Waals surface area contributed by atoms with Gasteiger partial charge in [0, 0.05) is 19.8 Å². The van der Waals surface area contributed by atoms with Gasteiger partial charge in [0.2, 0.25) is 5.82 Å². The summed E-state index contributed by atoms with van der Waals surface area (Å²) >= 11 is 6.73. The van der Waals surface area contributed by atoms with Crippen LogP contribution in [0.3, 0.4) is 0 Å². The number of aryl methyl sites for hydroxylation is 1. The summed E-state index contributed by atoms with van der Waals surface area (Å²) in [6.07, 6.45) is 0. The van der Waals surface area contributed by atoms with E-state index in [1.165, 1.54) is 11.9 Å². The minimum absolute atomic E-state index is 0.167. The molecule has 0 amide bonds. The topological polar surface area (TPSA) is 84.2 Å². The van der Waals surface area contributed by atoms with Gasteiger partial charge in [-0.15, -0.1) is 0 Å². The Bertz CT molecular complexity index is 509. The zero-order valence-corrected chi connectivity index (χ0v) is 12.8. The first kappa shape index (κ1) is 15.6. The van der Waals surface area contributed by atoms with E-state index in [1.54, 1.807) is 25.3 Å². The molecule has 7 nitrogen and oxygen atoms in total. The van der Waals surface area contributed by atoms with Crippen molar-refractivity contribution in [2.45, 2.75) is 13.8 Å². The molecule has 1 rings (SSSR count). The minimum atomic E-state index is -0.517. The minimum Gasteiger partial charge on any atom is -0.367 e. The van der Waals surface area contributed by atoms with Gasteiger partial charge in [0.05, 0.1) is 4.92 Å². The highest BCUT2D eigenvalue weighted by atomic mass is 32.2. The standard InChI is InChI=1S/C10H15N5O2S2/c1-5-19-14(4)10(18)7-8(15(16)17)9(11-3)13-6(2)12-7/h5H2,1-4H3,(H,11,12,13).